The van der Waals surface area contributed by atoms with Crippen LogP contribution in [0.3, 0.4) is 0 Å². The lowest BCUT2D eigenvalue weighted by atomic mass is 10.0. The van der Waals surface area contributed by atoms with Gasteiger partial charge in [-0.2, -0.15) is 0 Å². The Bertz CT molecular complexity index is 353. The number of hydrogen-bond donors (Lipinski definition) is 0. The first-order valence-corrected chi connectivity index (χ1v) is 5.99. The molecule has 3 heterocycles. The number of halogens is 1. The van der Waals surface area contributed by atoms with Gasteiger partial charge in [0.05, 0.1) is 0 Å². The van der Waals surface area contributed by atoms with E-state index in [-0.39, 0.29) is 0 Å². The SMILES string of the molecule is Clc1nccc(N2C3CCCC2CC3)n1. The van der Waals surface area contributed by atoms with Crippen LogP contribution in [0.25, 0.3) is 0 Å². The Balaban J connectivity index is 1.93. The molecule has 0 spiro atoms. The molecule has 1 aromatic rings. The topological polar surface area (TPSA) is 29.0 Å². The number of rotatable bonds is 1. The summed E-state index contributed by atoms with van der Waals surface area (Å²) in [5, 5.41) is 0.359. The van der Waals surface area contributed by atoms with Gasteiger partial charge in [-0.05, 0) is 49.8 Å². The van der Waals surface area contributed by atoms with Gasteiger partial charge < -0.3 is 4.90 Å². The van der Waals surface area contributed by atoms with E-state index in [1.807, 2.05) is 6.07 Å². The molecule has 2 fully saturated rings. The normalized spacial score (nSPS) is 29.5. The molecule has 2 saturated heterocycles. The second-order valence-electron chi connectivity index (χ2n) is 4.41. The van der Waals surface area contributed by atoms with Crippen LogP contribution in [0.4, 0.5) is 5.82 Å². The van der Waals surface area contributed by atoms with Crippen LogP contribution in [0, 0.1) is 0 Å². The summed E-state index contributed by atoms with van der Waals surface area (Å²) in [4.78, 5) is 10.7. The predicted octanol–water partition coefficient (Wildman–Crippen LogP) is 2.65. The fourth-order valence-electron chi connectivity index (χ4n) is 2.96. The van der Waals surface area contributed by atoms with Gasteiger partial charge in [-0.25, -0.2) is 9.97 Å². The second kappa shape index (κ2) is 3.63. The summed E-state index contributed by atoms with van der Waals surface area (Å²) >= 11 is 5.83. The smallest absolute Gasteiger partial charge is 0.224 e. The number of piperidine rings is 1. The highest BCUT2D eigenvalue weighted by atomic mass is 35.5. The Hall–Kier alpha value is -0.830. The van der Waals surface area contributed by atoms with Crippen LogP contribution < -0.4 is 4.90 Å². The monoisotopic (exact) mass is 223 g/mol. The zero-order chi connectivity index (χ0) is 10.3. The third kappa shape index (κ3) is 1.59. The van der Waals surface area contributed by atoms with Gasteiger partial charge >= 0.3 is 0 Å². The number of anilines is 1. The van der Waals surface area contributed by atoms with Crippen LogP contribution >= 0.6 is 11.6 Å². The molecule has 0 aromatic carbocycles. The standard InChI is InChI=1S/C11H14ClN3/c12-11-13-7-6-10(14-11)15-8-2-1-3-9(15)5-4-8/h6-9H,1-5H2. The number of nitrogens with zero attached hydrogens (tertiary/aromatic N) is 3. The van der Waals surface area contributed by atoms with Crippen molar-refractivity contribution in [3.63, 3.8) is 0 Å². The van der Waals surface area contributed by atoms with Gasteiger partial charge in [0, 0.05) is 18.3 Å². The third-order valence-corrected chi connectivity index (χ3v) is 3.75. The molecule has 2 atom stereocenters. The van der Waals surface area contributed by atoms with Crippen LogP contribution in [0.5, 0.6) is 0 Å². The summed E-state index contributed by atoms with van der Waals surface area (Å²) in [6.07, 6.45) is 8.35. The van der Waals surface area contributed by atoms with Gasteiger partial charge in [0.2, 0.25) is 5.28 Å². The van der Waals surface area contributed by atoms with Crippen LogP contribution in [0.1, 0.15) is 32.1 Å². The molecule has 0 N–H and O–H groups in total. The largest absolute Gasteiger partial charge is 0.351 e. The van der Waals surface area contributed by atoms with Crippen molar-refractivity contribution in [1.82, 2.24) is 9.97 Å². The van der Waals surface area contributed by atoms with Crippen molar-refractivity contribution in [2.75, 3.05) is 4.90 Å². The van der Waals surface area contributed by atoms with Crippen LogP contribution in [0.2, 0.25) is 5.28 Å². The molecule has 2 unspecified atom stereocenters. The van der Waals surface area contributed by atoms with Gasteiger partial charge in [0.15, 0.2) is 0 Å². The maximum absolute atomic E-state index is 5.83. The van der Waals surface area contributed by atoms with E-state index in [9.17, 15) is 0 Å². The molecule has 1 aromatic heterocycles. The highest BCUT2D eigenvalue weighted by Crippen LogP contribution is 2.38. The Labute approximate surface area is 94.5 Å². The summed E-state index contributed by atoms with van der Waals surface area (Å²) < 4.78 is 0. The second-order valence-corrected chi connectivity index (χ2v) is 4.75. The molecule has 2 aliphatic rings. The summed E-state index contributed by atoms with van der Waals surface area (Å²) in [5.74, 6) is 1.02. The zero-order valence-electron chi connectivity index (χ0n) is 8.56. The van der Waals surface area contributed by atoms with Crippen molar-refractivity contribution in [3.05, 3.63) is 17.5 Å². The fourth-order valence-corrected chi connectivity index (χ4v) is 3.10. The quantitative estimate of drug-likeness (QED) is 0.686. The molecular formula is C11H14ClN3. The average molecular weight is 224 g/mol. The van der Waals surface area contributed by atoms with Gasteiger partial charge in [0.1, 0.15) is 5.82 Å². The Morgan fingerprint density at radius 3 is 2.60 bits per heavy atom. The van der Waals surface area contributed by atoms with Crippen LogP contribution in [0.15, 0.2) is 12.3 Å². The molecule has 0 amide bonds. The molecule has 2 aliphatic heterocycles. The minimum absolute atomic E-state index is 0.359. The van der Waals surface area contributed by atoms with Crippen LogP contribution in [-0.2, 0) is 0 Å². The lowest BCUT2D eigenvalue weighted by Crippen LogP contribution is -2.40. The Morgan fingerprint density at radius 1 is 1.20 bits per heavy atom. The summed E-state index contributed by atoms with van der Waals surface area (Å²) in [6, 6.07) is 3.35. The third-order valence-electron chi connectivity index (χ3n) is 3.57. The summed E-state index contributed by atoms with van der Waals surface area (Å²) in [5.41, 5.74) is 0. The molecule has 2 bridgehead atoms. The first kappa shape index (κ1) is 9.40. The zero-order valence-corrected chi connectivity index (χ0v) is 9.32. The highest BCUT2D eigenvalue weighted by molar-refractivity contribution is 6.28. The molecule has 3 rings (SSSR count). The molecule has 4 heteroatoms. The minimum atomic E-state index is 0.359. The lowest BCUT2D eigenvalue weighted by Gasteiger charge is -2.35. The first-order valence-electron chi connectivity index (χ1n) is 5.61. The maximum Gasteiger partial charge on any atom is 0.224 e. The molecule has 0 aliphatic carbocycles. The van der Waals surface area contributed by atoms with Crippen molar-refractivity contribution < 1.29 is 0 Å². The van der Waals surface area contributed by atoms with E-state index in [1.54, 1.807) is 6.20 Å². The van der Waals surface area contributed by atoms with Crippen molar-refractivity contribution in [1.29, 1.82) is 0 Å². The van der Waals surface area contributed by atoms with Crippen LogP contribution in [-0.4, -0.2) is 22.1 Å². The Kier molecular flexibility index (Phi) is 2.28. The minimum Gasteiger partial charge on any atom is -0.351 e. The van der Waals surface area contributed by atoms with Crippen molar-refractivity contribution in [3.8, 4) is 0 Å². The maximum atomic E-state index is 5.83. The van der Waals surface area contributed by atoms with E-state index in [1.165, 1.54) is 32.1 Å². The Morgan fingerprint density at radius 2 is 1.93 bits per heavy atom. The fraction of sp³-hybridized carbons (Fsp3) is 0.636. The molecular weight excluding hydrogens is 210 g/mol. The van der Waals surface area contributed by atoms with Gasteiger partial charge in [-0.15, -0.1) is 0 Å². The van der Waals surface area contributed by atoms with E-state index < -0.39 is 0 Å². The van der Waals surface area contributed by atoms with E-state index in [0.29, 0.717) is 17.4 Å². The summed E-state index contributed by atoms with van der Waals surface area (Å²) in [6.45, 7) is 0. The van der Waals surface area contributed by atoms with Gasteiger partial charge in [-0.3, -0.25) is 0 Å². The molecule has 0 radical (unpaired) electrons. The molecule has 15 heavy (non-hydrogen) atoms. The number of aromatic nitrogens is 2. The number of fused-ring (bicyclic) bond motifs is 2. The molecule has 0 saturated carbocycles. The summed E-state index contributed by atoms with van der Waals surface area (Å²) in [7, 11) is 0. The van der Waals surface area contributed by atoms with E-state index >= 15 is 0 Å². The van der Waals surface area contributed by atoms with Gasteiger partial charge in [0.25, 0.3) is 0 Å². The average Bonchev–Trinajstić information content (AvgIpc) is 2.49. The van der Waals surface area contributed by atoms with Crippen molar-refractivity contribution in [2.45, 2.75) is 44.2 Å². The number of hydrogen-bond acceptors (Lipinski definition) is 3. The predicted molar refractivity (Wildman–Crippen MR) is 60.2 cm³/mol. The first-order chi connectivity index (χ1) is 7.34. The van der Waals surface area contributed by atoms with Crippen molar-refractivity contribution in [2.24, 2.45) is 0 Å². The highest BCUT2D eigenvalue weighted by Gasteiger charge is 2.37. The van der Waals surface area contributed by atoms with E-state index in [4.69, 9.17) is 11.6 Å². The lowest BCUT2D eigenvalue weighted by molar-refractivity contribution is 0.464. The van der Waals surface area contributed by atoms with Gasteiger partial charge in [-0.1, -0.05) is 0 Å². The van der Waals surface area contributed by atoms with Crippen molar-refractivity contribution >= 4 is 17.4 Å². The molecule has 80 valence electrons. The van der Waals surface area contributed by atoms with E-state index in [0.717, 1.165) is 5.82 Å². The molecule has 3 nitrogen and oxygen atoms in total. The van der Waals surface area contributed by atoms with E-state index in [2.05, 4.69) is 14.9 Å².